The highest BCUT2D eigenvalue weighted by atomic mass is 16.5. The van der Waals surface area contributed by atoms with Gasteiger partial charge in [-0.1, -0.05) is 18.2 Å². The fraction of sp³-hybridized carbons (Fsp3) is 0.286. The first kappa shape index (κ1) is 19.6. The first-order valence-electron chi connectivity index (χ1n) is 9.07. The van der Waals surface area contributed by atoms with Crippen molar-refractivity contribution in [3.8, 4) is 0 Å². The van der Waals surface area contributed by atoms with E-state index in [0.29, 0.717) is 23.4 Å². The van der Waals surface area contributed by atoms with E-state index in [4.69, 9.17) is 9.47 Å². The molecule has 0 bridgehead atoms. The minimum Gasteiger partial charge on any atom is -0.465 e. The third kappa shape index (κ3) is 4.75. The molecule has 0 radical (unpaired) electrons. The lowest BCUT2D eigenvalue weighted by Crippen LogP contribution is -2.31. The van der Waals surface area contributed by atoms with Gasteiger partial charge in [-0.3, -0.25) is 9.59 Å². The maximum absolute atomic E-state index is 12.6. The Bertz CT molecular complexity index is 875. The van der Waals surface area contributed by atoms with Crippen LogP contribution in [0.15, 0.2) is 48.5 Å². The van der Waals surface area contributed by atoms with Crippen LogP contribution in [0, 0.1) is 0 Å². The minimum absolute atomic E-state index is 0.0465. The molecule has 2 aromatic rings. The van der Waals surface area contributed by atoms with Gasteiger partial charge in [0.05, 0.1) is 24.5 Å². The Kier molecular flexibility index (Phi) is 6.39. The fourth-order valence-electron chi connectivity index (χ4n) is 2.99. The minimum atomic E-state index is -0.543. The quantitative estimate of drug-likeness (QED) is 0.749. The second-order valence-corrected chi connectivity index (χ2v) is 6.42. The number of amides is 2. The van der Waals surface area contributed by atoms with E-state index in [-0.39, 0.29) is 17.6 Å². The molecule has 0 spiro atoms. The van der Waals surface area contributed by atoms with Crippen LogP contribution in [0.5, 0.6) is 0 Å². The molecule has 1 atom stereocenters. The molecule has 1 saturated heterocycles. The molecule has 1 fully saturated rings. The number of hydrogen-bond acceptors (Lipinski definition) is 5. The van der Waals surface area contributed by atoms with Gasteiger partial charge >= 0.3 is 5.97 Å². The highest BCUT2D eigenvalue weighted by molar-refractivity contribution is 6.09. The Morgan fingerprint density at radius 1 is 1.07 bits per heavy atom. The van der Waals surface area contributed by atoms with Crippen molar-refractivity contribution >= 4 is 23.5 Å². The summed E-state index contributed by atoms with van der Waals surface area (Å²) in [5.74, 6) is -1.23. The van der Waals surface area contributed by atoms with Crippen molar-refractivity contribution in [2.45, 2.75) is 18.9 Å². The van der Waals surface area contributed by atoms with E-state index in [1.165, 1.54) is 13.2 Å². The van der Waals surface area contributed by atoms with E-state index in [9.17, 15) is 14.4 Å². The van der Waals surface area contributed by atoms with E-state index in [1.54, 1.807) is 42.5 Å². The largest absolute Gasteiger partial charge is 0.465 e. The zero-order valence-electron chi connectivity index (χ0n) is 15.6. The van der Waals surface area contributed by atoms with Gasteiger partial charge in [0.25, 0.3) is 11.8 Å². The number of methoxy groups -OCH3 is 1. The average Bonchev–Trinajstić information content (AvgIpc) is 3.25. The van der Waals surface area contributed by atoms with Crippen LogP contribution < -0.4 is 10.6 Å². The molecule has 0 saturated carbocycles. The highest BCUT2D eigenvalue weighted by Gasteiger charge is 2.18. The summed E-state index contributed by atoms with van der Waals surface area (Å²) in [6, 6.07) is 13.0. The van der Waals surface area contributed by atoms with Crippen molar-refractivity contribution in [1.82, 2.24) is 5.32 Å². The summed E-state index contributed by atoms with van der Waals surface area (Å²) >= 11 is 0. The number of para-hydroxylation sites is 1. The third-order valence-electron chi connectivity index (χ3n) is 4.48. The van der Waals surface area contributed by atoms with Crippen LogP contribution in [0.25, 0.3) is 0 Å². The molecule has 1 heterocycles. The monoisotopic (exact) mass is 382 g/mol. The molecule has 2 aromatic carbocycles. The fourth-order valence-corrected chi connectivity index (χ4v) is 2.99. The molecule has 3 rings (SSSR count). The topological polar surface area (TPSA) is 93.7 Å². The van der Waals surface area contributed by atoms with Gasteiger partial charge < -0.3 is 20.1 Å². The van der Waals surface area contributed by atoms with E-state index >= 15 is 0 Å². The molecule has 2 N–H and O–H groups in total. The van der Waals surface area contributed by atoms with Gasteiger partial charge in [-0.25, -0.2) is 4.79 Å². The van der Waals surface area contributed by atoms with Gasteiger partial charge in [-0.05, 0) is 43.2 Å². The van der Waals surface area contributed by atoms with Crippen LogP contribution >= 0.6 is 0 Å². The lowest BCUT2D eigenvalue weighted by molar-refractivity contribution is 0.0601. The van der Waals surface area contributed by atoms with Crippen LogP contribution in [0.1, 0.15) is 43.9 Å². The number of anilines is 1. The molecule has 1 unspecified atom stereocenters. The standard InChI is InChI=1S/C21H22N2O5/c1-27-21(26)17-9-2-3-10-18(17)23-20(25)15-7-4-6-14(12-15)19(24)22-13-16-8-5-11-28-16/h2-4,6-7,9-10,12,16H,5,8,11,13H2,1H3,(H,22,24)(H,23,25). The third-order valence-corrected chi connectivity index (χ3v) is 4.48. The Morgan fingerprint density at radius 2 is 1.82 bits per heavy atom. The summed E-state index contributed by atoms with van der Waals surface area (Å²) in [7, 11) is 1.28. The molecule has 28 heavy (non-hydrogen) atoms. The molecule has 7 heteroatoms. The van der Waals surface area contributed by atoms with Gasteiger partial charge in [0.15, 0.2) is 0 Å². The second kappa shape index (κ2) is 9.14. The van der Waals surface area contributed by atoms with Crippen molar-refractivity contribution < 1.29 is 23.9 Å². The summed E-state index contributed by atoms with van der Waals surface area (Å²) < 4.78 is 10.2. The summed E-state index contributed by atoms with van der Waals surface area (Å²) in [4.78, 5) is 36.8. The van der Waals surface area contributed by atoms with Crippen LogP contribution in [0.3, 0.4) is 0 Å². The molecule has 7 nitrogen and oxygen atoms in total. The number of carbonyl (C=O) groups is 3. The first-order valence-corrected chi connectivity index (χ1v) is 9.07. The van der Waals surface area contributed by atoms with Crippen LogP contribution in [-0.4, -0.2) is 44.1 Å². The number of nitrogens with one attached hydrogen (secondary N) is 2. The number of hydrogen-bond donors (Lipinski definition) is 2. The smallest absolute Gasteiger partial charge is 0.339 e. The van der Waals surface area contributed by atoms with Crippen LogP contribution in [0.4, 0.5) is 5.69 Å². The molecule has 2 amide bonds. The zero-order chi connectivity index (χ0) is 19.9. The normalized spacial score (nSPS) is 15.7. The lowest BCUT2D eigenvalue weighted by Gasteiger charge is -2.12. The van der Waals surface area contributed by atoms with Gasteiger partial charge in [0, 0.05) is 24.3 Å². The average molecular weight is 382 g/mol. The maximum atomic E-state index is 12.6. The summed E-state index contributed by atoms with van der Waals surface area (Å²) in [5.41, 5.74) is 1.28. The zero-order valence-corrected chi connectivity index (χ0v) is 15.6. The van der Waals surface area contributed by atoms with Crippen LogP contribution in [-0.2, 0) is 9.47 Å². The van der Waals surface area contributed by atoms with Gasteiger partial charge in [0.1, 0.15) is 0 Å². The summed E-state index contributed by atoms with van der Waals surface area (Å²) in [6.45, 7) is 1.17. The second-order valence-electron chi connectivity index (χ2n) is 6.42. The Balaban J connectivity index is 1.69. The SMILES string of the molecule is COC(=O)c1ccccc1NC(=O)c1cccc(C(=O)NCC2CCCO2)c1. The summed E-state index contributed by atoms with van der Waals surface area (Å²) in [5, 5.41) is 5.53. The van der Waals surface area contributed by atoms with Gasteiger partial charge in [-0.2, -0.15) is 0 Å². The molecule has 0 aliphatic carbocycles. The predicted octanol–water partition coefficient (Wildman–Crippen LogP) is 2.63. The number of esters is 1. The first-order chi connectivity index (χ1) is 13.6. The van der Waals surface area contributed by atoms with E-state index in [0.717, 1.165) is 19.4 Å². The maximum Gasteiger partial charge on any atom is 0.339 e. The molecular weight excluding hydrogens is 360 g/mol. The number of rotatable bonds is 6. The lowest BCUT2D eigenvalue weighted by atomic mass is 10.1. The number of ether oxygens (including phenoxy) is 2. The van der Waals surface area contributed by atoms with E-state index in [2.05, 4.69) is 10.6 Å². The van der Waals surface area contributed by atoms with Crippen molar-refractivity contribution in [3.05, 3.63) is 65.2 Å². The Hall–Kier alpha value is -3.19. The molecule has 146 valence electrons. The van der Waals surface area contributed by atoms with Gasteiger partial charge in [0.2, 0.25) is 0 Å². The number of benzene rings is 2. The van der Waals surface area contributed by atoms with Crippen molar-refractivity contribution in [1.29, 1.82) is 0 Å². The predicted molar refractivity (Wildman–Crippen MR) is 103 cm³/mol. The van der Waals surface area contributed by atoms with E-state index < -0.39 is 11.9 Å². The molecule has 1 aliphatic heterocycles. The molecular formula is C21H22N2O5. The van der Waals surface area contributed by atoms with Gasteiger partial charge in [-0.15, -0.1) is 0 Å². The highest BCUT2D eigenvalue weighted by Crippen LogP contribution is 2.18. The molecule has 0 aromatic heterocycles. The van der Waals surface area contributed by atoms with Crippen molar-refractivity contribution in [2.75, 3.05) is 25.6 Å². The summed E-state index contributed by atoms with van der Waals surface area (Å²) in [6.07, 6.45) is 1.98. The Morgan fingerprint density at radius 3 is 2.54 bits per heavy atom. The molecule has 1 aliphatic rings. The van der Waals surface area contributed by atoms with Crippen molar-refractivity contribution in [3.63, 3.8) is 0 Å². The Labute approximate surface area is 163 Å². The van der Waals surface area contributed by atoms with Crippen molar-refractivity contribution in [2.24, 2.45) is 0 Å². The number of carbonyl (C=O) groups excluding carboxylic acids is 3. The van der Waals surface area contributed by atoms with E-state index in [1.807, 2.05) is 0 Å². The van der Waals surface area contributed by atoms with Crippen LogP contribution in [0.2, 0.25) is 0 Å².